The van der Waals surface area contributed by atoms with Gasteiger partial charge in [0.25, 0.3) is 0 Å². The molecule has 0 bridgehead atoms. The van der Waals surface area contributed by atoms with Crippen LogP contribution in [0.4, 0.5) is 4.39 Å². The molecule has 0 amide bonds. The van der Waals surface area contributed by atoms with Gasteiger partial charge >= 0.3 is 0 Å². The Labute approximate surface area is 158 Å². The maximum absolute atomic E-state index is 13.1. The summed E-state index contributed by atoms with van der Waals surface area (Å²) in [5.41, 5.74) is 2.08. The van der Waals surface area contributed by atoms with Crippen molar-refractivity contribution in [2.24, 2.45) is 4.99 Å². The van der Waals surface area contributed by atoms with E-state index in [1.54, 1.807) is 13.1 Å². The lowest BCUT2D eigenvalue weighted by Crippen LogP contribution is -2.37. The maximum atomic E-state index is 13.1. The minimum Gasteiger partial charge on any atom is -0.356 e. The first kappa shape index (κ1) is 19.7. The highest BCUT2D eigenvalue weighted by molar-refractivity contribution is 14.0. The Morgan fingerprint density at radius 1 is 1.09 bits per heavy atom. The zero-order chi connectivity index (χ0) is 15.8. The molecular formula is C17H20ClFIN3. The van der Waals surface area contributed by atoms with E-state index in [4.69, 9.17) is 11.6 Å². The van der Waals surface area contributed by atoms with Gasteiger partial charge in [-0.05, 0) is 41.8 Å². The van der Waals surface area contributed by atoms with E-state index in [9.17, 15) is 4.39 Å². The lowest BCUT2D eigenvalue weighted by atomic mass is 10.1. The molecule has 0 fully saturated rings. The molecule has 0 heterocycles. The van der Waals surface area contributed by atoms with Crippen LogP contribution in [0.25, 0.3) is 0 Å². The van der Waals surface area contributed by atoms with Gasteiger partial charge in [0.1, 0.15) is 5.82 Å². The standard InChI is InChI=1S/C17H19ClFN3.HI/c1-20-17(22-12-14-3-2-4-16(19)11-14)21-10-9-13-5-7-15(18)8-6-13;/h2-8,11H,9-10,12H2,1H3,(H2,20,21,22);1H. The van der Waals surface area contributed by atoms with E-state index in [1.165, 1.54) is 17.7 Å². The van der Waals surface area contributed by atoms with E-state index in [0.717, 1.165) is 23.6 Å². The van der Waals surface area contributed by atoms with E-state index >= 15 is 0 Å². The minimum atomic E-state index is -0.231. The lowest BCUT2D eigenvalue weighted by Gasteiger charge is -2.12. The molecule has 124 valence electrons. The van der Waals surface area contributed by atoms with Crippen molar-refractivity contribution in [3.63, 3.8) is 0 Å². The molecule has 0 unspecified atom stereocenters. The van der Waals surface area contributed by atoms with Gasteiger partial charge in [-0.25, -0.2) is 4.39 Å². The Kier molecular flexibility index (Phi) is 8.94. The Morgan fingerprint density at radius 3 is 2.48 bits per heavy atom. The first-order valence-electron chi connectivity index (χ1n) is 7.11. The topological polar surface area (TPSA) is 36.4 Å². The van der Waals surface area contributed by atoms with Crippen molar-refractivity contribution in [1.29, 1.82) is 0 Å². The van der Waals surface area contributed by atoms with Crippen LogP contribution in [0, 0.1) is 5.82 Å². The number of halogens is 3. The molecule has 0 aliphatic carbocycles. The molecule has 2 rings (SSSR count). The lowest BCUT2D eigenvalue weighted by molar-refractivity contribution is 0.624. The molecule has 0 aliphatic rings. The van der Waals surface area contributed by atoms with E-state index < -0.39 is 0 Å². The summed E-state index contributed by atoms with van der Waals surface area (Å²) < 4.78 is 13.1. The molecule has 6 heteroatoms. The first-order chi connectivity index (χ1) is 10.7. The third-order valence-corrected chi connectivity index (χ3v) is 3.44. The van der Waals surface area contributed by atoms with Gasteiger partial charge < -0.3 is 10.6 Å². The average Bonchev–Trinajstić information content (AvgIpc) is 2.52. The second-order valence-corrected chi connectivity index (χ2v) is 5.30. The van der Waals surface area contributed by atoms with Gasteiger partial charge in [0.05, 0.1) is 0 Å². The summed E-state index contributed by atoms with van der Waals surface area (Å²) in [6, 6.07) is 14.3. The van der Waals surface area contributed by atoms with Gasteiger partial charge in [0, 0.05) is 25.2 Å². The second-order valence-electron chi connectivity index (χ2n) is 4.86. The summed E-state index contributed by atoms with van der Waals surface area (Å²) in [5, 5.41) is 7.13. The second kappa shape index (κ2) is 10.4. The highest BCUT2D eigenvalue weighted by Gasteiger charge is 2.00. The van der Waals surface area contributed by atoms with Crippen molar-refractivity contribution in [3.8, 4) is 0 Å². The third-order valence-electron chi connectivity index (χ3n) is 3.19. The van der Waals surface area contributed by atoms with Crippen LogP contribution in [0.2, 0.25) is 5.02 Å². The monoisotopic (exact) mass is 447 g/mol. The number of guanidine groups is 1. The Hall–Kier alpha value is -1.34. The van der Waals surface area contributed by atoms with Crippen molar-refractivity contribution in [3.05, 3.63) is 70.5 Å². The fourth-order valence-electron chi connectivity index (χ4n) is 2.03. The summed E-state index contributed by atoms with van der Waals surface area (Å²) >= 11 is 5.86. The fourth-order valence-corrected chi connectivity index (χ4v) is 2.16. The molecule has 2 N–H and O–H groups in total. The highest BCUT2D eigenvalue weighted by Crippen LogP contribution is 2.09. The largest absolute Gasteiger partial charge is 0.356 e. The molecule has 0 aromatic heterocycles. The SMILES string of the molecule is CN=C(NCCc1ccc(Cl)cc1)NCc1cccc(F)c1.I. The average molecular weight is 448 g/mol. The van der Waals surface area contributed by atoms with E-state index in [0.29, 0.717) is 12.5 Å². The molecule has 0 atom stereocenters. The van der Waals surface area contributed by atoms with Crippen LogP contribution in [-0.2, 0) is 13.0 Å². The first-order valence-corrected chi connectivity index (χ1v) is 7.48. The number of hydrogen-bond acceptors (Lipinski definition) is 1. The number of aliphatic imine (C=N–C) groups is 1. The zero-order valence-corrected chi connectivity index (χ0v) is 15.9. The molecule has 0 aliphatic heterocycles. The van der Waals surface area contributed by atoms with E-state index in [1.807, 2.05) is 30.3 Å². The molecule has 0 radical (unpaired) electrons. The van der Waals surface area contributed by atoms with Crippen LogP contribution in [0.5, 0.6) is 0 Å². The number of nitrogens with zero attached hydrogens (tertiary/aromatic N) is 1. The van der Waals surface area contributed by atoms with Crippen LogP contribution in [-0.4, -0.2) is 19.6 Å². The number of benzene rings is 2. The number of nitrogens with one attached hydrogen (secondary N) is 2. The van der Waals surface area contributed by atoms with Crippen molar-refractivity contribution in [2.45, 2.75) is 13.0 Å². The van der Waals surface area contributed by atoms with Crippen molar-refractivity contribution in [1.82, 2.24) is 10.6 Å². The predicted octanol–water partition coefficient (Wildman–Crippen LogP) is 4.00. The number of rotatable bonds is 5. The van der Waals surface area contributed by atoms with Crippen LogP contribution in [0.1, 0.15) is 11.1 Å². The van der Waals surface area contributed by atoms with Crippen LogP contribution in [0.15, 0.2) is 53.5 Å². The molecule has 23 heavy (non-hydrogen) atoms. The minimum absolute atomic E-state index is 0. The molecular weight excluding hydrogens is 428 g/mol. The van der Waals surface area contributed by atoms with Crippen LogP contribution < -0.4 is 10.6 Å². The summed E-state index contributed by atoms with van der Waals surface area (Å²) in [7, 11) is 1.71. The van der Waals surface area contributed by atoms with Crippen molar-refractivity contribution in [2.75, 3.05) is 13.6 Å². The summed E-state index contributed by atoms with van der Waals surface area (Å²) in [6.07, 6.45) is 0.873. The van der Waals surface area contributed by atoms with Gasteiger partial charge in [-0.1, -0.05) is 35.9 Å². The Balaban J connectivity index is 0.00000264. The van der Waals surface area contributed by atoms with Crippen molar-refractivity contribution < 1.29 is 4.39 Å². The highest BCUT2D eigenvalue weighted by atomic mass is 127. The summed E-state index contributed by atoms with van der Waals surface area (Å²) in [4.78, 5) is 4.15. The molecule has 0 saturated heterocycles. The fraction of sp³-hybridized carbons (Fsp3) is 0.235. The molecule has 2 aromatic rings. The zero-order valence-electron chi connectivity index (χ0n) is 12.9. The number of hydrogen-bond donors (Lipinski definition) is 2. The van der Waals surface area contributed by atoms with Gasteiger partial charge in [-0.3, -0.25) is 4.99 Å². The van der Waals surface area contributed by atoms with Gasteiger partial charge in [-0.2, -0.15) is 0 Å². The Bertz CT molecular complexity index is 632. The maximum Gasteiger partial charge on any atom is 0.191 e. The third kappa shape index (κ3) is 7.18. The molecule has 0 saturated carbocycles. The molecule has 2 aromatic carbocycles. The van der Waals surface area contributed by atoms with Gasteiger partial charge in [-0.15, -0.1) is 24.0 Å². The van der Waals surface area contributed by atoms with E-state index in [-0.39, 0.29) is 29.8 Å². The predicted molar refractivity (Wildman–Crippen MR) is 105 cm³/mol. The normalized spacial score (nSPS) is 10.8. The van der Waals surface area contributed by atoms with Gasteiger partial charge in [0.15, 0.2) is 5.96 Å². The Morgan fingerprint density at radius 2 is 1.83 bits per heavy atom. The molecule has 3 nitrogen and oxygen atoms in total. The summed E-state index contributed by atoms with van der Waals surface area (Å²) in [6.45, 7) is 1.28. The van der Waals surface area contributed by atoms with Gasteiger partial charge in [0.2, 0.25) is 0 Å². The van der Waals surface area contributed by atoms with Crippen LogP contribution >= 0.6 is 35.6 Å². The van der Waals surface area contributed by atoms with Crippen LogP contribution in [0.3, 0.4) is 0 Å². The smallest absolute Gasteiger partial charge is 0.191 e. The quantitative estimate of drug-likeness (QED) is 0.413. The summed E-state index contributed by atoms with van der Waals surface area (Å²) in [5.74, 6) is 0.461. The van der Waals surface area contributed by atoms with E-state index in [2.05, 4.69) is 15.6 Å². The van der Waals surface area contributed by atoms with Crippen molar-refractivity contribution >= 4 is 41.5 Å². The molecule has 0 spiro atoms.